The maximum Gasteiger partial charge on any atom is 0.168 e. The molecular formula is C12H12N8O3. The molecule has 5 heterocycles. The number of rotatable bonds is 1. The van der Waals surface area contributed by atoms with E-state index in [4.69, 9.17) is 10.5 Å². The molecule has 4 atom stereocenters. The van der Waals surface area contributed by atoms with Crippen LogP contribution in [-0.4, -0.2) is 63.5 Å². The fourth-order valence-electron chi connectivity index (χ4n) is 3.33. The quantitative estimate of drug-likeness (QED) is 0.486. The van der Waals surface area contributed by atoms with Gasteiger partial charge < -0.3 is 20.7 Å². The standard InChI is InChI=1S/C12H12N8O3/c13-9-6-11(15-3-14-9)19-10(17-6)4-1-16-18-20(4)7-8(22)5(2-21)23-12(7)19/h1,3,5,7-8,12,21-22H,2H2,(H2,13,14,15)/t5-,7+,8-,12-/m1/s1. The highest BCUT2D eigenvalue weighted by Gasteiger charge is 2.51. The molecule has 0 amide bonds. The van der Waals surface area contributed by atoms with Gasteiger partial charge in [-0.25, -0.2) is 19.6 Å². The molecule has 118 valence electrons. The molecule has 0 aromatic carbocycles. The van der Waals surface area contributed by atoms with E-state index >= 15 is 0 Å². The first-order chi connectivity index (χ1) is 11.2. The van der Waals surface area contributed by atoms with E-state index in [0.29, 0.717) is 22.7 Å². The van der Waals surface area contributed by atoms with Gasteiger partial charge in [-0.15, -0.1) is 5.10 Å². The van der Waals surface area contributed by atoms with Crippen LogP contribution in [0.5, 0.6) is 0 Å². The Morgan fingerprint density at radius 3 is 3.04 bits per heavy atom. The summed E-state index contributed by atoms with van der Waals surface area (Å²) in [6.45, 7) is -0.308. The predicted octanol–water partition coefficient (Wildman–Crippen LogP) is -1.53. The molecule has 0 saturated carbocycles. The molecule has 3 aromatic rings. The first-order valence-electron chi connectivity index (χ1n) is 7.04. The van der Waals surface area contributed by atoms with Crippen molar-refractivity contribution in [2.45, 2.75) is 24.5 Å². The normalized spacial score (nSPS) is 28.6. The van der Waals surface area contributed by atoms with E-state index in [2.05, 4.69) is 25.3 Å². The summed E-state index contributed by atoms with van der Waals surface area (Å²) in [5, 5.41) is 27.9. The van der Waals surface area contributed by atoms with Crippen LogP contribution in [0.1, 0.15) is 12.3 Å². The topological polar surface area (TPSA) is 150 Å². The van der Waals surface area contributed by atoms with E-state index in [1.165, 1.54) is 6.33 Å². The Morgan fingerprint density at radius 2 is 2.22 bits per heavy atom. The van der Waals surface area contributed by atoms with Gasteiger partial charge in [0.1, 0.15) is 30.3 Å². The minimum absolute atomic E-state index is 0.254. The average Bonchev–Trinajstić information content (AvgIpc) is 3.22. The second-order valence-corrected chi connectivity index (χ2v) is 5.53. The lowest BCUT2D eigenvalue weighted by molar-refractivity contribution is -0.0452. The van der Waals surface area contributed by atoms with Crippen LogP contribution in [-0.2, 0) is 4.74 Å². The fraction of sp³-hybridized carbons (Fsp3) is 0.417. The number of anilines is 1. The van der Waals surface area contributed by atoms with Crippen molar-refractivity contribution in [3.05, 3.63) is 12.5 Å². The number of aromatic nitrogens is 7. The smallest absolute Gasteiger partial charge is 0.168 e. The van der Waals surface area contributed by atoms with Gasteiger partial charge in [0.05, 0.1) is 12.8 Å². The van der Waals surface area contributed by atoms with Gasteiger partial charge in [0.25, 0.3) is 0 Å². The summed E-state index contributed by atoms with van der Waals surface area (Å²) in [6, 6.07) is -0.536. The maximum atomic E-state index is 10.5. The Morgan fingerprint density at radius 1 is 1.35 bits per heavy atom. The summed E-state index contributed by atoms with van der Waals surface area (Å²) in [7, 11) is 0. The number of ether oxygens (including phenoxy) is 1. The molecule has 11 nitrogen and oxygen atoms in total. The molecule has 0 bridgehead atoms. The first kappa shape index (κ1) is 12.9. The van der Waals surface area contributed by atoms with Crippen molar-refractivity contribution < 1.29 is 14.9 Å². The van der Waals surface area contributed by atoms with E-state index in [-0.39, 0.29) is 12.4 Å². The number of fused-ring (bicyclic) bond motifs is 8. The lowest BCUT2D eigenvalue weighted by atomic mass is 10.1. The Kier molecular flexibility index (Phi) is 2.36. The summed E-state index contributed by atoms with van der Waals surface area (Å²) < 4.78 is 9.13. The molecular weight excluding hydrogens is 304 g/mol. The summed E-state index contributed by atoms with van der Waals surface area (Å²) in [6.07, 6.45) is 0.613. The molecule has 0 spiro atoms. The zero-order valence-electron chi connectivity index (χ0n) is 11.7. The third-order valence-electron chi connectivity index (χ3n) is 4.36. The highest BCUT2D eigenvalue weighted by atomic mass is 16.5. The molecule has 2 aliphatic rings. The SMILES string of the molecule is Nc1ncnc2c1nc1n2[C@@H]2O[C@H](CO)[C@@H](O)[C@@H]2n2nncc2-1. The number of aliphatic hydroxyl groups excluding tert-OH is 2. The van der Waals surface area contributed by atoms with E-state index in [9.17, 15) is 10.2 Å². The van der Waals surface area contributed by atoms with Gasteiger partial charge in [-0.2, -0.15) is 0 Å². The summed E-state index contributed by atoms with van der Waals surface area (Å²) in [5.41, 5.74) is 7.45. The third-order valence-corrected chi connectivity index (χ3v) is 4.36. The third kappa shape index (κ3) is 1.46. The molecule has 5 rings (SSSR count). The van der Waals surface area contributed by atoms with Crippen LogP contribution in [0.4, 0.5) is 5.82 Å². The van der Waals surface area contributed by atoms with E-state index in [1.807, 2.05) is 0 Å². The molecule has 11 heteroatoms. The van der Waals surface area contributed by atoms with Gasteiger partial charge in [0.2, 0.25) is 0 Å². The predicted molar refractivity (Wildman–Crippen MR) is 74.8 cm³/mol. The summed E-state index contributed by atoms with van der Waals surface area (Å²) in [4.78, 5) is 12.7. The van der Waals surface area contributed by atoms with Gasteiger partial charge in [0, 0.05) is 0 Å². The number of hydrogen-bond acceptors (Lipinski definition) is 9. The molecule has 1 fully saturated rings. The Balaban J connectivity index is 1.84. The first-order valence-corrected chi connectivity index (χ1v) is 7.04. The Bertz CT molecular complexity index is 920. The van der Waals surface area contributed by atoms with Gasteiger partial charge in [-0.1, -0.05) is 5.21 Å². The van der Waals surface area contributed by atoms with Crippen LogP contribution in [0.2, 0.25) is 0 Å². The van der Waals surface area contributed by atoms with Crippen molar-refractivity contribution in [2.75, 3.05) is 12.3 Å². The molecule has 2 aliphatic heterocycles. The number of nitrogen functional groups attached to an aromatic ring is 1. The fourth-order valence-corrected chi connectivity index (χ4v) is 3.33. The molecule has 0 radical (unpaired) electrons. The second kappa shape index (κ2) is 4.22. The largest absolute Gasteiger partial charge is 0.394 e. The van der Waals surface area contributed by atoms with Crippen molar-refractivity contribution in [1.29, 1.82) is 0 Å². The van der Waals surface area contributed by atoms with Gasteiger partial charge in [0.15, 0.2) is 29.0 Å². The zero-order valence-corrected chi connectivity index (χ0v) is 11.7. The minimum Gasteiger partial charge on any atom is -0.394 e. The van der Waals surface area contributed by atoms with Crippen molar-refractivity contribution in [1.82, 2.24) is 34.5 Å². The van der Waals surface area contributed by atoms with E-state index < -0.39 is 24.5 Å². The molecule has 0 unspecified atom stereocenters. The van der Waals surface area contributed by atoms with Gasteiger partial charge >= 0.3 is 0 Å². The lowest BCUT2D eigenvalue weighted by Crippen LogP contribution is -2.34. The van der Waals surface area contributed by atoms with E-state index in [0.717, 1.165) is 0 Å². The van der Waals surface area contributed by atoms with Crippen molar-refractivity contribution in [3.8, 4) is 11.5 Å². The molecule has 3 aromatic heterocycles. The Hall–Kier alpha value is -2.63. The number of aliphatic hydroxyl groups is 2. The number of nitrogens with zero attached hydrogens (tertiary/aromatic N) is 7. The Labute approximate surface area is 128 Å². The second-order valence-electron chi connectivity index (χ2n) is 5.53. The van der Waals surface area contributed by atoms with Crippen molar-refractivity contribution >= 4 is 17.0 Å². The van der Waals surface area contributed by atoms with Gasteiger partial charge in [-0.3, -0.25) is 4.57 Å². The highest BCUT2D eigenvalue weighted by molar-refractivity contribution is 5.85. The minimum atomic E-state index is -0.935. The number of nitrogens with two attached hydrogens (primary N) is 1. The summed E-state index contributed by atoms with van der Waals surface area (Å²) >= 11 is 0. The van der Waals surface area contributed by atoms with Crippen LogP contribution in [0.25, 0.3) is 22.7 Å². The van der Waals surface area contributed by atoms with E-state index in [1.54, 1.807) is 15.4 Å². The lowest BCUT2D eigenvalue weighted by Gasteiger charge is -2.28. The molecule has 1 saturated heterocycles. The van der Waals surface area contributed by atoms with Crippen LogP contribution in [0.15, 0.2) is 12.5 Å². The maximum absolute atomic E-state index is 10.5. The highest BCUT2D eigenvalue weighted by Crippen LogP contribution is 2.46. The van der Waals surface area contributed by atoms with Crippen LogP contribution in [0, 0.1) is 0 Å². The molecule has 4 N–H and O–H groups in total. The van der Waals surface area contributed by atoms with Crippen LogP contribution in [0.3, 0.4) is 0 Å². The molecule has 23 heavy (non-hydrogen) atoms. The summed E-state index contributed by atoms with van der Waals surface area (Å²) in [5.74, 6) is 0.786. The number of hydrogen-bond donors (Lipinski definition) is 3. The monoisotopic (exact) mass is 316 g/mol. The van der Waals surface area contributed by atoms with Crippen molar-refractivity contribution in [2.24, 2.45) is 0 Å². The zero-order chi connectivity index (χ0) is 15.7. The van der Waals surface area contributed by atoms with Crippen molar-refractivity contribution in [3.63, 3.8) is 0 Å². The van der Waals surface area contributed by atoms with Gasteiger partial charge in [-0.05, 0) is 0 Å². The molecule has 0 aliphatic carbocycles. The average molecular weight is 316 g/mol. The van der Waals surface area contributed by atoms with Crippen LogP contribution >= 0.6 is 0 Å². The number of imidazole rings is 1. The van der Waals surface area contributed by atoms with Crippen LogP contribution < -0.4 is 5.73 Å².